The zero-order valence-corrected chi connectivity index (χ0v) is 21.8. The Hall–Kier alpha value is -2.98. The molecule has 0 heterocycles. The van der Waals surface area contributed by atoms with Gasteiger partial charge in [-0.15, -0.1) is 0 Å². The van der Waals surface area contributed by atoms with Crippen LogP contribution in [0.4, 0.5) is 0 Å². The third kappa shape index (κ3) is 11.2. The van der Waals surface area contributed by atoms with Crippen LogP contribution in [-0.2, 0) is 25.6 Å². The number of hydrogen-bond donors (Lipinski definition) is 6. The first-order valence-electron chi connectivity index (χ1n) is 12.6. The summed E-state index contributed by atoms with van der Waals surface area (Å²) in [6, 6.07) is 5.52. The predicted molar refractivity (Wildman–Crippen MR) is 139 cm³/mol. The van der Waals surface area contributed by atoms with Gasteiger partial charge in [0, 0.05) is 0 Å². The first-order valence-corrected chi connectivity index (χ1v) is 12.6. The fourth-order valence-corrected chi connectivity index (χ4v) is 3.74. The molecule has 0 fully saturated rings. The van der Waals surface area contributed by atoms with Crippen molar-refractivity contribution in [1.29, 1.82) is 0 Å². The van der Waals surface area contributed by atoms with E-state index >= 15 is 0 Å². The summed E-state index contributed by atoms with van der Waals surface area (Å²) in [6.45, 7) is 7.67. The van der Waals surface area contributed by atoms with Crippen molar-refractivity contribution in [3.63, 3.8) is 0 Å². The molecule has 0 radical (unpaired) electrons. The minimum Gasteiger partial charge on any atom is -0.480 e. The summed E-state index contributed by atoms with van der Waals surface area (Å²) in [6.07, 6.45) is 2.16. The summed E-state index contributed by atoms with van der Waals surface area (Å²) in [5.74, 6) is -2.98. The summed E-state index contributed by atoms with van der Waals surface area (Å²) in [7, 11) is 0. The molecule has 0 aliphatic rings. The summed E-state index contributed by atoms with van der Waals surface area (Å²) < 4.78 is 0. The molecule has 0 aliphatic carbocycles. The number of nitrogens with one attached hydrogen (secondary N) is 3. The van der Waals surface area contributed by atoms with Crippen LogP contribution in [0.15, 0.2) is 30.3 Å². The molecule has 0 bridgehead atoms. The topological polar surface area (TPSA) is 177 Å². The van der Waals surface area contributed by atoms with E-state index in [1.165, 1.54) is 0 Å². The van der Waals surface area contributed by atoms with Crippen LogP contribution < -0.4 is 27.4 Å². The average molecular weight is 506 g/mol. The molecule has 0 saturated heterocycles. The Labute approximate surface area is 213 Å². The quantitative estimate of drug-likeness (QED) is 0.181. The van der Waals surface area contributed by atoms with Crippen LogP contribution in [0.3, 0.4) is 0 Å². The first kappa shape index (κ1) is 31.1. The minimum atomic E-state index is -1.13. The van der Waals surface area contributed by atoms with Gasteiger partial charge in [-0.2, -0.15) is 0 Å². The normalized spacial score (nSPS) is 14.6. The Balaban J connectivity index is 2.93. The first-order chi connectivity index (χ1) is 17.0. The molecule has 0 aliphatic heterocycles. The zero-order valence-electron chi connectivity index (χ0n) is 21.8. The minimum absolute atomic E-state index is 0.0562. The molecule has 1 rings (SSSR count). The number of aliphatic carboxylic acids is 1. The molecule has 202 valence electrons. The highest BCUT2D eigenvalue weighted by Crippen LogP contribution is 2.10. The number of hydrogen-bond acceptors (Lipinski definition) is 6. The Bertz CT molecular complexity index is 846. The number of rotatable bonds is 16. The number of carboxylic acids is 1. The molecular weight excluding hydrogens is 462 g/mol. The molecular formula is C26H43N5O5. The van der Waals surface area contributed by atoms with E-state index in [0.717, 1.165) is 5.56 Å². The van der Waals surface area contributed by atoms with Crippen LogP contribution in [-0.4, -0.2) is 59.5 Å². The summed E-state index contributed by atoms with van der Waals surface area (Å²) >= 11 is 0. The molecule has 4 unspecified atom stereocenters. The highest BCUT2D eigenvalue weighted by molar-refractivity contribution is 5.94. The molecule has 1 aromatic carbocycles. The van der Waals surface area contributed by atoms with Gasteiger partial charge < -0.3 is 32.5 Å². The molecule has 36 heavy (non-hydrogen) atoms. The van der Waals surface area contributed by atoms with Crippen molar-refractivity contribution in [3.05, 3.63) is 35.9 Å². The van der Waals surface area contributed by atoms with Crippen molar-refractivity contribution in [2.24, 2.45) is 23.3 Å². The maximum absolute atomic E-state index is 13.2. The van der Waals surface area contributed by atoms with Crippen molar-refractivity contribution >= 4 is 23.7 Å². The molecule has 10 nitrogen and oxygen atoms in total. The Morgan fingerprint density at radius 1 is 0.861 bits per heavy atom. The number of carboxylic acid groups (broad SMARTS) is 1. The molecule has 1 aromatic rings. The van der Waals surface area contributed by atoms with E-state index in [2.05, 4.69) is 16.0 Å². The van der Waals surface area contributed by atoms with Gasteiger partial charge in [-0.1, -0.05) is 58.0 Å². The lowest BCUT2D eigenvalue weighted by molar-refractivity contribution is -0.143. The molecule has 0 aromatic heterocycles. The van der Waals surface area contributed by atoms with Crippen LogP contribution >= 0.6 is 0 Å². The third-order valence-electron chi connectivity index (χ3n) is 5.78. The van der Waals surface area contributed by atoms with Crippen LogP contribution in [0.25, 0.3) is 0 Å². The van der Waals surface area contributed by atoms with Gasteiger partial charge in [0.15, 0.2) is 0 Å². The van der Waals surface area contributed by atoms with E-state index in [4.69, 9.17) is 11.5 Å². The average Bonchev–Trinajstić information content (AvgIpc) is 2.81. The van der Waals surface area contributed by atoms with E-state index in [0.29, 0.717) is 32.2 Å². The second kappa shape index (κ2) is 15.9. The van der Waals surface area contributed by atoms with E-state index in [1.54, 1.807) is 13.8 Å². The lowest BCUT2D eigenvalue weighted by Gasteiger charge is -2.27. The highest BCUT2D eigenvalue weighted by atomic mass is 16.4. The maximum Gasteiger partial charge on any atom is 0.326 e. The van der Waals surface area contributed by atoms with Gasteiger partial charge in [0.05, 0.1) is 6.04 Å². The molecule has 0 saturated carbocycles. The number of benzene rings is 1. The van der Waals surface area contributed by atoms with Crippen molar-refractivity contribution in [3.8, 4) is 0 Å². The smallest absolute Gasteiger partial charge is 0.326 e. The van der Waals surface area contributed by atoms with Crippen LogP contribution in [0.5, 0.6) is 0 Å². The number of carbonyl (C=O) groups is 4. The third-order valence-corrected chi connectivity index (χ3v) is 5.78. The summed E-state index contributed by atoms with van der Waals surface area (Å²) in [5, 5.41) is 17.4. The number of nitrogens with two attached hydrogens (primary N) is 2. The van der Waals surface area contributed by atoms with Gasteiger partial charge in [0.2, 0.25) is 17.7 Å². The van der Waals surface area contributed by atoms with Gasteiger partial charge in [-0.3, -0.25) is 14.4 Å². The largest absolute Gasteiger partial charge is 0.480 e. The van der Waals surface area contributed by atoms with Crippen LogP contribution in [0.2, 0.25) is 0 Å². The highest BCUT2D eigenvalue weighted by Gasteiger charge is 2.32. The number of unbranched alkanes of at least 4 members (excludes halogenated alkanes) is 1. The van der Waals surface area contributed by atoms with Gasteiger partial charge >= 0.3 is 5.97 Å². The van der Waals surface area contributed by atoms with Crippen LogP contribution in [0.1, 0.15) is 58.9 Å². The van der Waals surface area contributed by atoms with Crippen molar-refractivity contribution < 1.29 is 24.3 Å². The van der Waals surface area contributed by atoms with E-state index in [9.17, 15) is 24.3 Å². The van der Waals surface area contributed by atoms with Crippen molar-refractivity contribution in [2.45, 2.75) is 84.0 Å². The predicted octanol–water partition coefficient (Wildman–Crippen LogP) is 0.927. The lowest BCUT2D eigenvalue weighted by atomic mass is 9.99. The number of carbonyl (C=O) groups excluding carboxylic acids is 3. The van der Waals surface area contributed by atoms with E-state index < -0.39 is 47.9 Å². The van der Waals surface area contributed by atoms with E-state index in [-0.39, 0.29) is 18.3 Å². The van der Waals surface area contributed by atoms with Crippen molar-refractivity contribution in [2.75, 3.05) is 6.54 Å². The molecule has 10 heteroatoms. The fourth-order valence-electron chi connectivity index (χ4n) is 3.74. The molecule has 0 spiro atoms. The standard InChI is InChI=1S/C26H43N5O5/c1-16(2)14-21(26(35)36)30-25(34)22(17(3)4)31-24(33)20(12-8-9-13-27)29-23(32)19(28)15-18-10-6-5-7-11-18/h5-7,10-11,16-17,19-22H,8-9,12-15,27-28H2,1-4H3,(H,29,32)(H,30,34)(H,31,33)(H,35,36). The van der Waals surface area contributed by atoms with Crippen LogP contribution in [0, 0.1) is 11.8 Å². The lowest BCUT2D eigenvalue weighted by Crippen LogP contribution is -2.58. The van der Waals surface area contributed by atoms with Gasteiger partial charge in [0.1, 0.15) is 18.1 Å². The summed E-state index contributed by atoms with van der Waals surface area (Å²) in [4.78, 5) is 50.5. The second-order valence-electron chi connectivity index (χ2n) is 9.90. The molecule has 3 amide bonds. The Morgan fingerprint density at radius 2 is 1.47 bits per heavy atom. The van der Waals surface area contributed by atoms with E-state index in [1.807, 2.05) is 44.2 Å². The SMILES string of the molecule is CC(C)CC(NC(=O)C(NC(=O)C(CCCCN)NC(=O)C(N)Cc1ccccc1)C(C)C)C(=O)O. The monoisotopic (exact) mass is 505 g/mol. The Morgan fingerprint density at radius 3 is 2.00 bits per heavy atom. The number of amides is 3. The van der Waals surface area contributed by atoms with Gasteiger partial charge in [0.25, 0.3) is 0 Å². The fraction of sp³-hybridized carbons (Fsp3) is 0.615. The second-order valence-corrected chi connectivity index (χ2v) is 9.90. The van der Waals surface area contributed by atoms with Crippen molar-refractivity contribution in [1.82, 2.24) is 16.0 Å². The summed E-state index contributed by atoms with van der Waals surface area (Å²) in [5.41, 5.74) is 12.6. The maximum atomic E-state index is 13.2. The molecule has 4 atom stereocenters. The van der Waals surface area contributed by atoms with Gasteiger partial charge in [-0.05, 0) is 56.0 Å². The Kier molecular flexibility index (Phi) is 13.7. The molecule has 8 N–H and O–H groups in total. The van der Waals surface area contributed by atoms with Gasteiger partial charge in [-0.25, -0.2) is 4.79 Å². The zero-order chi connectivity index (χ0) is 27.3.